The van der Waals surface area contributed by atoms with E-state index < -0.39 is 24.6 Å². The summed E-state index contributed by atoms with van der Waals surface area (Å²) in [5.74, 6) is -0.886. The first-order chi connectivity index (χ1) is 7.84. The largest absolute Gasteiger partial charge is 0.466 e. The number of aryl methyl sites for hydroxylation is 1. The molecule has 0 N–H and O–H groups in total. The van der Waals surface area contributed by atoms with E-state index in [1.807, 2.05) is 0 Å². The van der Waals surface area contributed by atoms with Gasteiger partial charge in [0.25, 0.3) is 0 Å². The molecular formula is C10H13F3N2O2. The zero-order chi connectivity index (χ0) is 13.1. The van der Waals surface area contributed by atoms with Gasteiger partial charge < -0.3 is 4.74 Å². The molecule has 1 aromatic rings. The van der Waals surface area contributed by atoms with Crippen LogP contribution in [0.15, 0.2) is 12.3 Å². The van der Waals surface area contributed by atoms with Crippen molar-refractivity contribution in [2.75, 3.05) is 6.61 Å². The Balaban J connectivity index is 2.86. The minimum absolute atomic E-state index is 0.0571. The van der Waals surface area contributed by atoms with E-state index in [0.29, 0.717) is 5.69 Å². The van der Waals surface area contributed by atoms with Crippen molar-refractivity contribution in [1.29, 1.82) is 0 Å². The van der Waals surface area contributed by atoms with Crippen LogP contribution in [-0.2, 0) is 9.53 Å². The fourth-order valence-electron chi connectivity index (χ4n) is 1.34. The predicted molar refractivity (Wildman–Crippen MR) is 53.3 cm³/mol. The first-order valence-corrected chi connectivity index (χ1v) is 5.08. The molecule has 0 aliphatic heterocycles. The third kappa shape index (κ3) is 3.76. The second-order valence-electron chi connectivity index (χ2n) is 3.50. The number of nitrogens with zero attached hydrogens (tertiary/aromatic N) is 2. The Kier molecular flexibility index (Phi) is 4.14. The molecule has 0 spiro atoms. The SMILES string of the molecule is CCOC(=O)CC(n1ccc(C)n1)C(F)(F)F. The smallest absolute Gasteiger partial charge is 0.411 e. The Bertz CT molecular complexity index is 387. The summed E-state index contributed by atoms with van der Waals surface area (Å²) in [5, 5.41) is 3.68. The number of aromatic nitrogens is 2. The van der Waals surface area contributed by atoms with Crippen LogP contribution in [-0.4, -0.2) is 28.5 Å². The minimum Gasteiger partial charge on any atom is -0.466 e. The molecule has 7 heteroatoms. The van der Waals surface area contributed by atoms with Crippen LogP contribution in [0.1, 0.15) is 25.1 Å². The molecule has 0 radical (unpaired) electrons. The summed E-state index contributed by atoms with van der Waals surface area (Å²) in [5.41, 5.74) is 0.461. The molecule has 1 unspecified atom stereocenters. The van der Waals surface area contributed by atoms with Gasteiger partial charge in [0.1, 0.15) is 0 Å². The third-order valence-electron chi connectivity index (χ3n) is 2.10. The van der Waals surface area contributed by atoms with Crippen molar-refractivity contribution >= 4 is 5.97 Å². The average molecular weight is 250 g/mol. The molecule has 0 bridgehead atoms. The summed E-state index contributed by atoms with van der Waals surface area (Å²) in [6.07, 6.45) is -4.10. The lowest BCUT2D eigenvalue weighted by atomic mass is 10.2. The summed E-state index contributed by atoms with van der Waals surface area (Å²) < 4.78 is 43.5. The lowest BCUT2D eigenvalue weighted by Crippen LogP contribution is -2.30. The maximum Gasteiger partial charge on any atom is 0.411 e. The highest BCUT2D eigenvalue weighted by molar-refractivity contribution is 5.70. The van der Waals surface area contributed by atoms with Crippen molar-refractivity contribution < 1.29 is 22.7 Å². The zero-order valence-electron chi connectivity index (χ0n) is 9.49. The first kappa shape index (κ1) is 13.5. The third-order valence-corrected chi connectivity index (χ3v) is 2.10. The van der Waals surface area contributed by atoms with Crippen LogP contribution in [0.4, 0.5) is 13.2 Å². The van der Waals surface area contributed by atoms with Gasteiger partial charge in [-0.05, 0) is 19.9 Å². The highest BCUT2D eigenvalue weighted by Gasteiger charge is 2.43. The molecule has 96 valence electrons. The summed E-state index contributed by atoms with van der Waals surface area (Å²) in [4.78, 5) is 11.1. The van der Waals surface area contributed by atoms with E-state index in [0.717, 1.165) is 4.68 Å². The Morgan fingerprint density at radius 2 is 2.24 bits per heavy atom. The summed E-state index contributed by atoms with van der Waals surface area (Å²) in [7, 11) is 0. The van der Waals surface area contributed by atoms with E-state index in [1.54, 1.807) is 13.8 Å². The van der Waals surface area contributed by atoms with Crippen LogP contribution in [0, 0.1) is 6.92 Å². The Morgan fingerprint density at radius 1 is 1.59 bits per heavy atom. The first-order valence-electron chi connectivity index (χ1n) is 5.08. The molecule has 17 heavy (non-hydrogen) atoms. The zero-order valence-corrected chi connectivity index (χ0v) is 9.49. The fraction of sp³-hybridized carbons (Fsp3) is 0.600. The molecule has 0 amide bonds. The van der Waals surface area contributed by atoms with Gasteiger partial charge in [-0.25, -0.2) is 0 Å². The van der Waals surface area contributed by atoms with E-state index in [1.165, 1.54) is 12.3 Å². The molecule has 0 saturated heterocycles. The van der Waals surface area contributed by atoms with Crippen molar-refractivity contribution in [2.45, 2.75) is 32.5 Å². The highest BCUT2D eigenvalue weighted by Crippen LogP contribution is 2.33. The molecule has 1 heterocycles. The molecule has 0 fully saturated rings. The molecule has 4 nitrogen and oxygen atoms in total. The Morgan fingerprint density at radius 3 is 2.65 bits per heavy atom. The van der Waals surface area contributed by atoms with Gasteiger partial charge in [0, 0.05) is 6.20 Å². The molecule has 0 aliphatic rings. The van der Waals surface area contributed by atoms with Crippen molar-refractivity contribution in [1.82, 2.24) is 9.78 Å². The number of hydrogen-bond acceptors (Lipinski definition) is 3. The van der Waals surface area contributed by atoms with Gasteiger partial charge in [-0.2, -0.15) is 18.3 Å². The fourth-order valence-corrected chi connectivity index (χ4v) is 1.34. The molecule has 0 aromatic carbocycles. The van der Waals surface area contributed by atoms with Gasteiger partial charge in [-0.15, -0.1) is 0 Å². The number of carbonyl (C=O) groups is 1. The van der Waals surface area contributed by atoms with Crippen LogP contribution in [0.2, 0.25) is 0 Å². The molecule has 1 atom stereocenters. The van der Waals surface area contributed by atoms with E-state index in [2.05, 4.69) is 9.84 Å². The molecule has 1 aromatic heterocycles. The maximum absolute atomic E-state index is 12.7. The summed E-state index contributed by atoms with van der Waals surface area (Å²) >= 11 is 0. The highest BCUT2D eigenvalue weighted by atomic mass is 19.4. The number of rotatable bonds is 4. The minimum atomic E-state index is -4.54. The van der Waals surface area contributed by atoms with Crippen LogP contribution in [0.5, 0.6) is 0 Å². The van der Waals surface area contributed by atoms with Gasteiger partial charge in [-0.1, -0.05) is 0 Å². The maximum atomic E-state index is 12.7. The number of esters is 1. The molecule has 0 saturated carbocycles. The quantitative estimate of drug-likeness (QED) is 0.770. The number of halogens is 3. The topological polar surface area (TPSA) is 44.1 Å². The average Bonchev–Trinajstić information content (AvgIpc) is 2.59. The molecular weight excluding hydrogens is 237 g/mol. The molecule has 1 rings (SSSR count). The Hall–Kier alpha value is -1.53. The van der Waals surface area contributed by atoms with E-state index >= 15 is 0 Å². The van der Waals surface area contributed by atoms with Crippen molar-refractivity contribution in [3.05, 3.63) is 18.0 Å². The number of carbonyl (C=O) groups excluding carboxylic acids is 1. The summed E-state index contributed by atoms with van der Waals surface area (Å²) in [6, 6.07) is -0.528. The number of ether oxygens (including phenoxy) is 1. The van der Waals surface area contributed by atoms with Crippen LogP contribution in [0.3, 0.4) is 0 Å². The van der Waals surface area contributed by atoms with Gasteiger partial charge in [0.2, 0.25) is 0 Å². The number of hydrogen-bond donors (Lipinski definition) is 0. The van der Waals surface area contributed by atoms with Crippen molar-refractivity contribution in [3.8, 4) is 0 Å². The van der Waals surface area contributed by atoms with Crippen LogP contribution in [0.25, 0.3) is 0 Å². The van der Waals surface area contributed by atoms with Gasteiger partial charge in [0.05, 0.1) is 18.7 Å². The van der Waals surface area contributed by atoms with Gasteiger partial charge in [0.15, 0.2) is 6.04 Å². The second-order valence-corrected chi connectivity index (χ2v) is 3.50. The number of alkyl halides is 3. The predicted octanol–water partition coefficient (Wildman–Crippen LogP) is 2.25. The van der Waals surface area contributed by atoms with Crippen molar-refractivity contribution in [2.24, 2.45) is 0 Å². The van der Waals surface area contributed by atoms with Gasteiger partial charge >= 0.3 is 12.1 Å². The van der Waals surface area contributed by atoms with E-state index in [9.17, 15) is 18.0 Å². The van der Waals surface area contributed by atoms with Crippen molar-refractivity contribution in [3.63, 3.8) is 0 Å². The summed E-state index contributed by atoms with van der Waals surface area (Å²) in [6.45, 7) is 3.17. The van der Waals surface area contributed by atoms with Crippen LogP contribution < -0.4 is 0 Å². The lowest BCUT2D eigenvalue weighted by molar-refractivity contribution is -0.180. The van der Waals surface area contributed by atoms with E-state index in [4.69, 9.17) is 0 Å². The monoisotopic (exact) mass is 250 g/mol. The van der Waals surface area contributed by atoms with E-state index in [-0.39, 0.29) is 6.61 Å². The van der Waals surface area contributed by atoms with Gasteiger partial charge in [-0.3, -0.25) is 9.48 Å². The standard InChI is InChI=1S/C10H13F3N2O2/c1-3-17-9(16)6-8(10(11,12)13)15-5-4-7(2)14-15/h4-5,8H,3,6H2,1-2H3. The Labute approximate surface area is 96.4 Å². The second kappa shape index (κ2) is 5.20. The normalized spacial score (nSPS) is 13.5. The lowest BCUT2D eigenvalue weighted by Gasteiger charge is -2.19. The molecule has 0 aliphatic carbocycles. The van der Waals surface area contributed by atoms with Crippen LogP contribution >= 0.6 is 0 Å².